The van der Waals surface area contributed by atoms with Gasteiger partial charge in [0.15, 0.2) is 6.29 Å². The third kappa shape index (κ3) is 2.86. The molecule has 0 spiro atoms. The Balaban J connectivity index is 2.22. The van der Waals surface area contributed by atoms with Gasteiger partial charge >= 0.3 is 5.97 Å². The van der Waals surface area contributed by atoms with Crippen LogP contribution >= 0.6 is 0 Å². The number of hydrogen-bond donors (Lipinski definition) is 1. The van der Waals surface area contributed by atoms with Crippen molar-refractivity contribution in [2.45, 2.75) is 32.2 Å². The van der Waals surface area contributed by atoms with Gasteiger partial charge in [-0.25, -0.2) is 0 Å². The van der Waals surface area contributed by atoms with Crippen LogP contribution < -0.4 is 0 Å². The number of carbonyl (C=O) groups excluding carboxylic acids is 1. The van der Waals surface area contributed by atoms with E-state index in [0.717, 1.165) is 0 Å². The molecule has 1 N–H and O–H groups in total. The van der Waals surface area contributed by atoms with E-state index >= 15 is 0 Å². The summed E-state index contributed by atoms with van der Waals surface area (Å²) >= 11 is 0. The fourth-order valence-electron chi connectivity index (χ4n) is 1.04. The molecule has 0 radical (unpaired) electrons. The first-order valence-electron chi connectivity index (χ1n) is 3.65. The van der Waals surface area contributed by atoms with E-state index in [9.17, 15) is 4.79 Å². The summed E-state index contributed by atoms with van der Waals surface area (Å²) in [5, 5.41) is 8.90. The summed E-state index contributed by atoms with van der Waals surface area (Å²) in [6, 6.07) is 0. The number of esters is 1. The van der Waals surface area contributed by atoms with Crippen molar-refractivity contribution < 1.29 is 19.4 Å². The van der Waals surface area contributed by atoms with Gasteiger partial charge < -0.3 is 14.6 Å². The maximum absolute atomic E-state index is 10.5. The Labute approximate surface area is 65.1 Å². The molecule has 2 unspecified atom stereocenters. The molecule has 1 aliphatic heterocycles. The molecule has 1 aliphatic rings. The highest BCUT2D eigenvalue weighted by atomic mass is 16.6. The van der Waals surface area contributed by atoms with Gasteiger partial charge in [0.1, 0.15) is 6.10 Å². The molecule has 0 aromatic heterocycles. The maximum atomic E-state index is 10.5. The van der Waals surface area contributed by atoms with Gasteiger partial charge in [-0.15, -0.1) is 0 Å². The molecule has 0 aromatic carbocycles. The quantitative estimate of drug-likeness (QED) is 0.550. The Kier molecular flexibility index (Phi) is 2.84. The summed E-state index contributed by atoms with van der Waals surface area (Å²) < 4.78 is 9.73. The predicted octanol–water partition coefficient (Wildman–Crippen LogP) is 0.0469. The number of hydrogen-bond acceptors (Lipinski definition) is 4. The highest BCUT2D eigenvalue weighted by Gasteiger charge is 2.21. The van der Waals surface area contributed by atoms with Crippen molar-refractivity contribution in [1.29, 1.82) is 0 Å². The van der Waals surface area contributed by atoms with E-state index in [2.05, 4.69) is 0 Å². The molecule has 4 heteroatoms. The highest BCUT2D eigenvalue weighted by Crippen LogP contribution is 2.13. The van der Waals surface area contributed by atoms with E-state index in [-0.39, 0.29) is 12.1 Å². The van der Waals surface area contributed by atoms with Crippen LogP contribution in [0.1, 0.15) is 19.8 Å². The lowest BCUT2D eigenvalue weighted by Gasteiger charge is -2.25. The Morgan fingerprint density at radius 2 is 2.36 bits per heavy atom. The van der Waals surface area contributed by atoms with Gasteiger partial charge in [-0.2, -0.15) is 0 Å². The van der Waals surface area contributed by atoms with Crippen molar-refractivity contribution in [3.8, 4) is 0 Å². The van der Waals surface area contributed by atoms with Crippen LogP contribution in [-0.2, 0) is 14.3 Å². The first-order chi connectivity index (χ1) is 5.18. The first kappa shape index (κ1) is 8.49. The van der Waals surface area contributed by atoms with E-state index in [0.29, 0.717) is 19.4 Å². The molecule has 1 fully saturated rings. The van der Waals surface area contributed by atoms with Crippen LogP contribution in [0.15, 0.2) is 0 Å². The summed E-state index contributed by atoms with van der Waals surface area (Å²) in [5.41, 5.74) is 0. The number of carbonyl (C=O) groups is 1. The van der Waals surface area contributed by atoms with E-state index in [1.54, 1.807) is 0 Å². The SMILES string of the molecule is CC(=O)OC1CCC(O)OC1. The number of ether oxygens (including phenoxy) is 2. The van der Waals surface area contributed by atoms with Crippen molar-refractivity contribution in [3.63, 3.8) is 0 Å². The van der Waals surface area contributed by atoms with Gasteiger partial charge in [0.05, 0.1) is 6.61 Å². The van der Waals surface area contributed by atoms with Crippen LogP contribution in [-0.4, -0.2) is 30.1 Å². The number of aliphatic hydroxyl groups excluding tert-OH is 1. The molecular formula is C7H12O4. The predicted molar refractivity (Wildman–Crippen MR) is 36.7 cm³/mol. The summed E-state index contributed by atoms with van der Waals surface area (Å²) in [5.74, 6) is -0.296. The second-order valence-corrected chi connectivity index (χ2v) is 2.60. The molecule has 0 aliphatic carbocycles. The summed E-state index contributed by atoms with van der Waals surface area (Å²) in [7, 11) is 0. The maximum Gasteiger partial charge on any atom is 0.302 e. The Morgan fingerprint density at radius 3 is 2.82 bits per heavy atom. The fourth-order valence-corrected chi connectivity index (χ4v) is 1.04. The molecule has 1 rings (SSSR count). The van der Waals surface area contributed by atoms with Gasteiger partial charge in [-0.1, -0.05) is 0 Å². The summed E-state index contributed by atoms with van der Waals surface area (Å²) in [6.07, 6.45) is 0.372. The first-order valence-corrected chi connectivity index (χ1v) is 3.65. The summed E-state index contributed by atoms with van der Waals surface area (Å²) in [6.45, 7) is 1.67. The number of rotatable bonds is 1. The Morgan fingerprint density at radius 1 is 1.64 bits per heavy atom. The van der Waals surface area contributed by atoms with Crippen LogP contribution in [0.4, 0.5) is 0 Å². The average Bonchev–Trinajstić information content (AvgIpc) is 1.93. The molecule has 64 valence electrons. The van der Waals surface area contributed by atoms with Gasteiger partial charge in [-0.05, 0) is 6.42 Å². The van der Waals surface area contributed by atoms with Crippen molar-refractivity contribution in [3.05, 3.63) is 0 Å². The normalized spacial score (nSPS) is 31.5. The lowest BCUT2D eigenvalue weighted by molar-refractivity contribution is -0.179. The third-order valence-corrected chi connectivity index (χ3v) is 1.54. The van der Waals surface area contributed by atoms with Crippen LogP contribution in [0.2, 0.25) is 0 Å². The molecule has 1 heterocycles. The van der Waals surface area contributed by atoms with Crippen molar-refractivity contribution >= 4 is 5.97 Å². The topological polar surface area (TPSA) is 55.8 Å². The van der Waals surface area contributed by atoms with Crippen molar-refractivity contribution in [1.82, 2.24) is 0 Å². The van der Waals surface area contributed by atoms with Crippen LogP contribution in [0.25, 0.3) is 0 Å². The van der Waals surface area contributed by atoms with Gasteiger partial charge in [0, 0.05) is 13.3 Å². The molecule has 2 atom stereocenters. The molecule has 0 amide bonds. The zero-order valence-electron chi connectivity index (χ0n) is 6.45. The Bertz CT molecular complexity index is 137. The highest BCUT2D eigenvalue weighted by molar-refractivity contribution is 5.66. The van der Waals surface area contributed by atoms with Gasteiger partial charge in [0.2, 0.25) is 0 Å². The molecule has 11 heavy (non-hydrogen) atoms. The molecule has 0 saturated carbocycles. The minimum absolute atomic E-state index is 0.170. The lowest BCUT2D eigenvalue weighted by Crippen LogP contribution is -2.32. The van der Waals surface area contributed by atoms with Crippen LogP contribution in [0.5, 0.6) is 0 Å². The lowest BCUT2D eigenvalue weighted by atomic mass is 10.1. The molecule has 0 bridgehead atoms. The molecule has 4 nitrogen and oxygen atoms in total. The van der Waals surface area contributed by atoms with E-state index in [1.165, 1.54) is 6.92 Å². The zero-order chi connectivity index (χ0) is 8.27. The van der Waals surface area contributed by atoms with Crippen molar-refractivity contribution in [2.24, 2.45) is 0 Å². The molecule has 1 saturated heterocycles. The monoisotopic (exact) mass is 160 g/mol. The smallest absolute Gasteiger partial charge is 0.302 e. The molecule has 0 aromatic rings. The number of aliphatic hydroxyl groups is 1. The van der Waals surface area contributed by atoms with Crippen molar-refractivity contribution in [2.75, 3.05) is 6.61 Å². The van der Waals surface area contributed by atoms with Gasteiger partial charge in [-0.3, -0.25) is 4.79 Å². The van der Waals surface area contributed by atoms with E-state index in [1.807, 2.05) is 0 Å². The minimum Gasteiger partial charge on any atom is -0.460 e. The Hall–Kier alpha value is -0.610. The largest absolute Gasteiger partial charge is 0.460 e. The average molecular weight is 160 g/mol. The van der Waals surface area contributed by atoms with Crippen LogP contribution in [0.3, 0.4) is 0 Å². The second-order valence-electron chi connectivity index (χ2n) is 2.60. The second kappa shape index (κ2) is 3.69. The van der Waals surface area contributed by atoms with E-state index in [4.69, 9.17) is 14.6 Å². The van der Waals surface area contributed by atoms with Gasteiger partial charge in [0.25, 0.3) is 0 Å². The minimum atomic E-state index is -0.679. The zero-order valence-corrected chi connectivity index (χ0v) is 6.45. The van der Waals surface area contributed by atoms with Crippen LogP contribution in [0, 0.1) is 0 Å². The van der Waals surface area contributed by atoms with E-state index < -0.39 is 6.29 Å². The fraction of sp³-hybridized carbons (Fsp3) is 0.857. The molecular weight excluding hydrogens is 148 g/mol. The summed E-state index contributed by atoms with van der Waals surface area (Å²) in [4.78, 5) is 10.5. The third-order valence-electron chi connectivity index (χ3n) is 1.54. The standard InChI is InChI=1S/C7H12O4/c1-5(8)11-6-2-3-7(9)10-4-6/h6-7,9H,2-4H2,1H3.